The number of guanidine groups is 1. The number of hydrogen-bond acceptors (Lipinski definition) is 4. The van der Waals surface area contributed by atoms with E-state index in [-0.39, 0.29) is 30.0 Å². The summed E-state index contributed by atoms with van der Waals surface area (Å²) in [6.45, 7) is 8.47. The number of ether oxygens (including phenoxy) is 1. The van der Waals surface area contributed by atoms with Gasteiger partial charge in [-0.3, -0.25) is 4.99 Å². The van der Waals surface area contributed by atoms with Crippen molar-refractivity contribution in [3.8, 4) is 0 Å². The summed E-state index contributed by atoms with van der Waals surface area (Å²) in [6, 6.07) is 4.73. The van der Waals surface area contributed by atoms with Crippen molar-refractivity contribution in [3.63, 3.8) is 0 Å². The molecule has 154 valence electrons. The average Bonchev–Trinajstić information content (AvgIpc) is 3.01. The third-order valence-electron chi connectivity index (χ3n) is 5.01. The number of aromatic nitrogens is 3. The molecule has 8 heteroatoms. The van der Waals surface area contributed by atoms with E-state index in [0.717, 1.165) is 43.5 Å². The maximum Gasteiger partial charge on any atom is 0.191 e. The lowest BCUT2D eigenvalue weighted by atomic mass is 10.00. The number of methoxy groups -OCH3 is 1. The highest BCUT2D eigenvalue weighted by molar-refractivity contribution is 14.0. The minimum Gasteiger partial charge on any atom is -0.377 e. The first kappa shape index (κ1) is 22.6. The smallest absolute Gasteiger partial charge is 0.191 e. The maximum atomic E-state index is 5.13. The van der Waals surface area contributed by atoms with Crippen LogP contribution in [0.25, 0.3) is 0 Å². The molecule has 2 N–H and O–H groups in total. The molecule has 2 aromatic rings. The summed E-state index contributed by atoms with van der Waals surface area (Å²) in [5.74, 6) is 2.61. The van der Waals surface area contributed by atoms with E-state index in [1.54, 1.807) is 7.11 Å². The number of aryl methyl sites for hydroxylation is 4. The van der Waals surface area contributed by atoms with Gasteiger partial charge in [0.15, 0.2) is 11.8 Å². The predicted octanol–water partition coefficient (Wildman–Crippen LogP) is 2.65. The highest BCUT2D eigenvalue weighted by Gasteiger charge is 2.22. The van der Waals surface area contributed by atoms with Crippen LogP contribution in [0, 0.1) is 20.8 Å². The van der Waals surface area contributed by atoms with Gasteiger partial charge in [0.05, 0.1) is 6.54 Å². The van der Waals surface area contributed by atoms with E-state index in [1.807, 2.05) is 11.7 Å². The molecule has 2 heterocycles. The molecule has 28 heavy (non-hydrogen) atoms. The minimum atomic E-state index is 0. The van der Waals surface area contributed by atoms with Gasteiger partial charge in [0.2, 0.25) is 0 Å². The van der Waals surface area contributed by atoms with E-state index in [9.17, 15) is 0 Å². The van der Waals surface area contributed by atoms with Gasteiger partial charge in [-0.25, -0.2) is 9.67 Å². The fraction of sp³-hybridized carbons (Fsp3) is 0.550. The topological polar surface area (TPSA) is 76.4 Å². The van der Waals surface area contributed by atoms with Crippen molar-refractivity contribution in [3.05, 3.63) is 46.0 Å². The van der Waals surface area contributed by atoms with Gasteiger partial charge < -0.3 is 15.4 Å². The van der Waals surface area contributed by atoms with Crippen molar-refractivity contribution < 1.29 is 4.74 Å². The van der Waals surface area contributed by atoms with Crippen LogP contribution in [-0.2, 0) is 30.9 Å². The summed E-state index contributed by atoms with van der Waals surface area (Å²) in [6.07, 6.45) is 1.91. The number of nitrogens with one attached hydrogen (secondary N) is 2. The van der Waals surface area contributed by atoms with E-state index in [0.29, 0.717) is 6.61 Å². The molecule has 1 unspecified atom stereocenters. The molecule has 0 amide bonds. The third kappa shape index (κ3) is 5.44. The molecule has 0 radical (unpaired) electrons. The molecule has 3 rings (SSSR count). The summed E-state index contributed by atoms with van der Waals surface area (Å²) in [5, 5.41) is 11.5. The SMILES string of the molecule is CN=C(NCc1c(C)cc(C)cc1C)NC1CCc2nc(COC)nn2C1.I. The van der Waals surface area contributed by atoms with Gasteiger partial charge in [0.25, 0.3) is 0 Å². The van der Waals surface area contributed by atoms with E-state index in [4.69, 9.17) is 4.74 Å². The quantitative estimate of drug-likeness (QED) is 0.377. The zero-order valence-electron chi connectivity index (χ0n) is 17.4. The number of fused-ring (bicyclic) bond motifs is 1. The standard InChI is InChI=1S/C20H30N6O.HI/c1-13-8-14(2)17(15(3)9-13)10-22-20(21-4)23-16-6-7-19-24-18(12-27-5)25-26(19)11-16;/h8-9,16H,6-7,10-12H2,1-5H3,(H2,21,22,23);1H. The van der Waals surface area contributed by atoms with Crippen LogP contribution in [0.1, 0.15) is 40.3 Å². The van der Waals surface area contributed by atoms with Crippen LogP contribution in [0.15, 0.2) is 17.1 Å². The zero-order valence-corrected chi connectivity index (χ0v) is 19.7. The Kier molecular flexibility index (Phi) is 8.23. The Bertz CT molecular complexity index is 809. The first-order valence-corrected chi connectivity index (χ1v) is 9.45. The highest BCUT2D eigenvalue weighted by atomic mass is 127. The van der Waals surface area contributed by atoms with Crippen molar-refractivity contribution in [1.29, 1.82) is 0 Å². The molecule has 7 nitrogen and oxygen atoms in total. The molecule has 1 aliphatic heterocycles. The van der Waals surface area contributed by atoms with Crippen LogP contribution in [-0.4, -0.2) is 40.9 Å². The number of aliphatic imine (C=N–C) groups is 1. The average molecular weight is 498 g/mol. The molecular formula is C20H31IN6O. The number of benzene rings is 1. The molecule has 0 saturated heterocycles. The summed E-state index contributed by atoms with van der Waals surface area (Å²) < 4.78 is 7.12. The molecule has 1 aromatic carbocycles. The Morgan fingerprint density at radius 2 is 2.00 bits per heavy atom. The van der Waals surface area contributed by atoms with Gasteiger partial charge in [-0.1, -0.05) is 17.7 Å². The molecule has 1 aromatic heterocycles. The fourth-order valence-electron chi connectivity index (χ4n) is 3.72. The van der Waals surface area contributed by atoms with Gasteiger partial charge in [0, 0.05) is 33.2 Å². The van der Waals surface area contributed by atoms with Gasteiger partial charge >= 0.3 is 0 Å². The molecule has 0 bridgehead atoms. The van der Waals surface area contributed by atoms with Gasteiger partial charge in [-0.05, 0) is 43.9 Å². The lowest BCUT2D eigenvalue weighted by Crippen LogP contribution is -2.46. The lowest BCUT2D eigenvalue weighted by Gasteiger charge is -2.25. The molecule has 0 aliphatic carbocycles. The van der Waals surface area contributed by atoms with Crippen molar-refractivity contribution >= 4 is 29.9 Å². The van der Waals surface area contributed by atoms with Crippen LogP contribution in [0.5, 0.6) is 0 Å². The van der Waals surface area contributed by atoms with Gasteiger partial charge in [0.1, 0.15) is 12.4 Å². The second-order valence-electron chi connectivity index (χ2n) is 7.24. The Morgan fingerprint density at radius 3 is 2.64 bits per heavy atom. The fourth-order valence-corrected chi connectivity index (χ4v) is 3.72. The van der Waals surface area contributed by atoms with Crippen LogP contribution < -0.4 is 10.6 Å². The molecule has 0 saturated carbocycles. The largest absolute Gasteiger partial charge is 0.377 e. The highest BCUT2D eigenvalue weighted by Crippen LogP contribution is 2.16. The first-order valence-electron chi connectivity index (χ1n) is 9.45. The van der Waals surface area contributed by atoms with E-state index in [2.05, 4.69) is 58.6 Å². The predicted molar refractivity (Wildman–Crippen MR) is 122 cm³/mol. The Balaban J connectivity index is 0.00000280. The number of nitrogens with zero attached hydrogens (tertiary/aromatic N) is 4. The Labute approximate surface area is 184 Å². The summed E-state index contributed by atoms with van der Waals surface area (Å²) >= 11 is 0. The van der Waals surface area contributed by atoms with Gasteiger partial charge in [-0.15, -0.1) is 24.0 Å². The zero-order chi connectivity index (χ0) is 19.4. The number of halogens is 1. The Hall–Kier alpha value is -1.68. The number of rotatable bonds is 5. The van der Waals surface area contributed by atoms with Crippen LogP contribution in [0.4, 0.5) is 0 Å². The van der Waals surface area contributed by atoms with E-state index < -0.39 is 0 Å². The molecular weight excluding hydrogens is 467 g/mol. The van der Waals surface area contributed by atoms with Crippen molar-refractivity contribution in [2.75, 3.05) is 14.2 Å². The molecule has 1 atom stereocenters. The first-order chi connectivity index (χ1) is 13.0. The van der Waals surface area contributed by atoms with E-state index in [1.165, 1.54) is 22.3 Å². The lowest BCUT2D eigenvalue weighted by molar-refractivity contribution is 0.177. The molecule has 0 fully saturated rings. The second-order valence-corrected chi connectivity index (χ2v) is 7.24. The monoisotopic (exact) mass is 498 g/mol. The molecule has 0 spiro atoms. The van der Waals surface area contributed by atoms with Crippen molar-refractivity contribution in [2.45, 2.75) is 59.4 Å². The van der Waals surface area contributed by atoms with E-state index >= 15 is 0 Å². The summed E-state index contributed by atoms with van der Waals surface area (Å²) in [7, 11) is 3.47. The van der Waals surface area contributed by atoms with Crippen LogP contribution in [0.3, 0.4) is 0 Å². The minimum absolute atomic E-state index is 0. The molecule has 1 aliphatic rings. The maximum absolute atomic E-state index is 5.13. The van der Waals surface area contributed by atoms with Crippen molar-refractivity contribution in [2.24, 2.45) is 4.99 Å². The van der Waals surface area contributed by atoms with Crippen LogP contribution in [0.2, 0.25) is 0 Å². The summed E-state index contributed by atoms with van der Waals surface area (Å²) in [4.78, 5) is 8.92. The summed E-state index contributed by atoms with van der Waals surface area (Å²) in [5.41, 5.74) is 5.25. The number of hydrogen-bond donors (Lipinski definition) is 2. The Morgan fingerprint density at radius 1 is 1.29 bits per heavy atom. The van der Waals surface area contributed by atoms with Crippen molar-refractivity contribution in [1.82, 2.24) is 25.4 Å². The second kappa shape index (κ2) is 10.2. The normalized spacial score (nSPS) is 16.3. The van der Waals surface area contributed by atoms with Crippen LogP contribution >= 0.6 is 24.0 Å². The third-order valence-corrected chi connectivity index (χ3v) is 5.01. The van der Waals surface area contributed by atoms with Gasteiger partial charge in [-0.2, -0.15) is 5.10 Å².